The van der Waals surface area contributed by atoms with Crippen molar-refractivity contribution in [3.63, 3.8) is 0 Å². The standard InChI is InChI=1S/C18H21N3O4S/c1-13-10-17(21(22)23)11-18(14(13)2)26(24,25)20-9-8-16(12-20)19-15-6-4-3-5-7-15/h3-7,10-11,16,19H,8-9,12H2,1-2H3. The number of non-ortho nitro benzene ring substituents is 1. The Hall–Kier alpha value is -2.45. The molecule has 2 aromatic rings. The van der Waals surface area contributed by atoms with Gasteiger partial charge in [-0.15, -0.1) is 0 Å². The fourth-order valence-electron chi connectivity index (χ4n) is 3.16. The van der Waals surface area contributed by atoms with E-state index in [1.807, 2.05) is 30.3 Å². The molecule has 1 aliphatic rings. The molecule has 138 valence electrons. The lowest BCUT2D eigenvalue weighted by molar-refractivity contribution is -0.385. The molecule has 0 bridgehead atoms. The summed E-state index contributed by atoms with van der Waals surface area (Å²) in [4.78, 5) is 10.6. The number of benzene rings is 2. The van der Waals surface area contributed by atoms with Crippen LogP contribution in [0.5, 0.6) is 0 Å². The summed E-state index contributed by atoms with van der Waals surface area (Å²) >= 11 is 0. The van der Waals surface area contributed by atoms with Crippen molar-refractivity contribution in [1.29, 1.82) is 0 Å². The molecule has 1 saturated heterocycles. The summed E-state index contributed by atoms with van der Waals surface area (Å²) in [5, 5.41) is 14.4. The Morgan fingerprint density at radius 1 is 1.19 bits per heavy atom. The molecule has 1 unspecified atom stereocenters. The summed E-state index contributed by atoms with van der Waals surface area (Å²) in [6.07, 6.45) is 0.682. The highest BCUT2D eigenvalue weighted by Crippen LogP contribution is 2.30. The van der Waals surface area contributed by atoms with Gasteiger partial charge in [-0.2, -0.15) is 4.31 Å². The van der Waals surface area contributed by atoms with Crippen LogP contribution in [-0.2, 0) is 10.0 Å². The average molecular weight is 375 g/mol. The smallest absolute Gasteiger partial charge is 0.271 e. The van der Waals surface area contributed by atoms with E-state index >= 15 is 0 Å². The summed E-state index contributed by atoms with van der Waals surface area (Å²) in [6.45, 7) is 4.08. The van der Waals surface area contributed by atoms with Crippen LogP contribution in [0.4, 0.5) is 11.4 Å². The van der Waals surface area contributed by atoms with Crippen LogP contribution in [-0.4, -0.2) is 36.8 Å². The van der Waals surface area contributed by atoms with E-state index in [1.165, 1.54) is 10.4 Å². The van der Waals surface area contributed by atoms with E-state index in [2.05, 4.69) is 5.32 Å². The van der Waals surface area contributed by atoms with E-state index in [0.717, 1.165) is 11.8 Å². The molecule has 0 spiro atoms. The van der Waals surface area contributed by atoms with E-state index in [-0.39, 0.29) is 16.6 Å². The maximum atomic E-state index is 13.1. The first-order chi connectivity index (χ1) is 12.3. The van der Waals surface area contributed by atoms with Crippen LogP contribution in [0.3, 0.4) is 0 Å². The lowest BCUT2D eigenvalue weighted by atomic mass is 10.1. The molecule has 1 aliphatic heterocycles. The van der Waals surface area contributed by atoms with Gasteiger partial charge in [0.2, 0.25) is 10.0 Å². The summed E-state index contributed by atoms with van der Waals surface area (Å²) in [5.41, 5.74) is 1.88. The van der Waals surface area contributed by atoms with E-state index in [0.29, 0.717) is 30.6 Å². The summed E-state index contributed by atoms with van der Waals surface area (Å²) in [5.74, 6) is 0. The van der Waals surface area contributed by atoms with Gasteiger partial charge in [-0.1, -0.05) is 18.2 Å². The SMILES string of the molecule is Cc1cc([N+](=O)[O-])cc(S(=O)(=O)N2CCC(Nc3ccccc3)C2)c1C. The number of hydrogen-bond acceptors (Lipinski definition) is 5. The molecule has 0 aliphatic carbocycles. The van der Waals surface area contributed by atoms with Gasteiger partial charge in [-0.05, 0) is 43.5 Å². The highest BCUT2D eigenvalue weighted by molar-refractivity contribution is 7.89. The molecular formula is C18H21N3O4S. The minimum atomic E-state index is -3.78. The predicted molar refractivity (Wildman–Crippen MR) is 99.8 cm³/mol. The number of aryl methyl sites for hydroxylation is 1. The van der Waals surface area contributed by atoms with Gasteiger partial charge in [0.25, 0.3) is 5.69 Å². The Morgan fingerprint density at radius 2 is 1.88 bits per heavy atom. The zero-order valence-electron chi connectivity index (χ0n) is 14.7. The third kappa shape index (κ3) is 3.56. The van der Waals surface area contributed by atoms with E-state index < -0.39 is 14.9 Å². The Morgan fingerprint density at radius 3 is 2.54 bits per heavy atom. The first kappa shape index (κ1) is 18.3. The minimum absolute atomic E-state index is 0.00674. The molecule has 1 atom stereocenters. The van der Waals surface area contributed by atoms with Gasteiger partial charge in [0.15, 0.2) is 0 Å². The number of rotatable bonds is 5. The van der Waals surface area contributed by atoms with Crippen LogP contribution < -0.4 is 5.32 Å². The van der Waals surface area contributed by atoms with Crippen LogP contribution in [0, 0.1) is 24.0 Å². The van der Waals surface area contributed by atoms with Gasteiger partial charge in [-0.25, -0.2) is 8.42 Å². The van der Waals surface area contributed by atoms with E-state index in [9.17, 15) is 18.5 Å². The molecule has 1 fully saturated rings. The molecular weight excluding hydrogens is 354 g/mol. The Bertz CT molecular complexity index is 929. The third-order valence-corrected chi connectivity index (χ3v) is 6.72. The highest BCUT2D eigenvalue weighted by atomic mass is 32.2. The zero-order chi connectivity index (χ0) is 18.9. The lowest BCUT2D eigenvalue weighted by Gasteiger charge is -2.19. The van der Waals surface area contributed by atoms with E-state index in [1.54, 1.807) is 13.8 Å². The molecule has 1 heterocycles. The van der Waals surface area contributed by atoms with Gasteiger partial charge in [0.1, 0.15) is 0 Å². The molecule has 7 nitrogen and oxygen atoms in total. The fraction of sp³-hybridized carbons (Fsp3) is 0.333. The number of para-hydroxylation sites is 1. The minimum Gasteiger partial charge on any atom is -0.381 e. The monoisotopic (exact) mass is 375 g/mol. The lowest BCUT2D eigenvalue weighted by Crippen LogP contribution is -2.32. The van der Waals surface area contributed by atoms with Crippen LogP contribution in [0.15, 0.2) is 47.4 Å². The maximum absolute atomic E-state index is 13.1. The molecule has 2 aromatic carbocycles. The largest absolute Gasteiger partial charge is 0.381 e. The number of nitro benzene ring substituents is 1. The molecule has 0 saturated carbocycles. The highest BCUT2D eigenvalue weighted by Gasteiger charge is 2.34. The van der Waals surface area contributed by atoms with Gasteiger partial charge < -0.3 is 5.32 Å². The molecule has 3 rings (SSSR count). The molecule has 26 heavy (non-hydrogen) atoms. The zero-order valence-corrected chi connectivity index (χ0v) is 15.5. The van der Waals surface area contributed by atoms with Crippen molar-refractivity contribution < 1.29 is 13.3 Å². The number of anilines is 1. The van der Waals surface area contributed by atoms with Crippen LogP contribution in [0.2, 0.25) is 0 Å². The van der Waals surface area contributed by atoms with Gasteiger partial charge in [0, 0.05) is 37.0 Å². The topological polar surface area (TPSA) is 92.5 Å². The van der Waals surface area contributed by atoms with Crippen molar-refractivity contribution in [2.75, 3.05) is 18.4 Å². The van der Waals surface area contributed by atoms with Crippen molar-refractivity contribution in [2.24, 2.45) is 0 Å². The normalized spacial score (nSPS) is 18.0. The molecule has 0 aromatic heterocycles. The molecule has 0 radical (unpaired) electrons. The first-order valence-corrected chi connectivity index (χ1v) is 9.80. The maximum Gasteiger partial charge on any atom is 0.271 e. The Kier molecular flexibility index (Phi) is 4.97. The number of nitro groups is 1. The van der Waals surface area contributed by atoms with Gasteiger partial charge in [-0.3, -0.25) is 10.1 Å². The van der Waals surface area contributed by atoms with Crippen LogP contribution in [0.1, 0.15) is 17.5 Å². The van der Waals surface area contributed by atoms with Crippen molar-refractivity contribution in [3.05, 3.63) is 63.7 Å². The van der Waals surface area contributed by atoms with Crippen LogP contribution >= 0.6 is 0 Å². The predicted octanol–water partition coefficient (Wildman–Crippen LogP) is 3.09. The second-order valence-electron chi connectivity index (χ2n) is 6.50. The Labute approximate surface area is 152 Å². The average Bonchev–Trinajstić information content (AvgIpc) is 3.07. The summed E-state index contributed by atoms with van der Waals surface area (Å²) in [6, 6.07) is 12.2. The fourth-order valence-corrected chi connectivity index (χ4v) is 4.97. The molecule has 0 amide bonds. The number of nitrogens with zero attached hydrogens (tertiary/aromatic N) is 2. The summed E-state index contributed by atoms with van der Waals surface area (Å²) in [7, 11) is -3.78. The first-order valence-electron chi connectivity index (χ1n) is 8.36. The van der Waals surface area contributed by atoms with Crippen molar-refractivity contribution in [3.8, 4) is 0 Å². The number of sulfonamides is 1. The van der Waals surface area contributed by atoms with E-state index in [4.69, 9.17) is 0 Å². The quantitative estimate of drug-likeness (QED) is 0.640. The van der Waals surface area contributed by atoms with Crippen molar-refractivity contribution in [2.45, 2.75) is 31.2 Å². The van der Waals surface area contributed by atoms with Gasteiger partial charge >= 0.3 is 0 Å². The van der Waals surface area contributed by atoms with Crippen molar-refractivity contribution in [1.82, 2.24) is 4.31 Å². The second-order valence-corrected chi connectivity index (χ2v) is 8.41. The Balaban J connectivity index is 1.84. The molecule has 8 heteroatoms. The second kappa shape index (κ2) is 7.05. The summed E-state index contributed by atoms with van der Waals surface area (Å²) < 4.78 is 27.5. The number of hydrogen-bond donors (Lipinski definition) is 1. The molecule has 1 N–H and O–H groups in total. The number of nitrogens with one attached hydrogen (secondary N) is 1. The third-order valence-electron chi connectivity index (χ3n) is 4.73. The van der Waals surface area contributed by atoms with Crippen molar-refractivity contribution >= 4 is 21.4 Å². The van der Waals surface area contributed by atoms with Crippen LogP contribution in [0.25, 0.3) is 0 Å². The van der Waals surface area contributed by atoms with Gasteiger partial charge in [0.05, 0.1) is 9.82 Å².